The molecule has 1 aliphatic rings. The number of ether oxygens (including phenoxy) is 3. The highest BCUT2D eigenvalue weighted by Gasteiger charge is 2.45. The lowest BCUT2D eigenvalue weighted by molar-refractivity contribution is -0.139. The van der Waals surface area contributed by atoms with Crippen LogP contribution < -0.4 is 14.2 Å². The van der Waals surface area contributed by atoms with Crippen molar-refractivity contribution in [2.75, 3.05) is 27.9 Å². The second-order valence-corrected chi connectivity index (χ2v) is 9.10. The summed E-state index contributed by atoms with van der Waals surface area (Å²) >= 11 is 6.15. The molecule has 1 saturated heterocycles. The van der Waals surface area contributed by atoms with Crippen LogP contribution in [0, 0.1) is 6.92 Å². The third-order valence-electron chi connectivity index (χ3n) is 6.41. The van der Waals surface area contributed by atoms with Crippen LogP contribution in [0.4, 0.5) is 0 Å². The standard InChI is InChI=1S/C29H28ClNO6/c1-17-6-5-7-19(14-17)26-25(27(32)20-9-10-21(30)23(16-20)36-3)28(33)29(34)31(26)13-12-18-8-11-22(35-2)24(15-18)37-4/h5-11,14-16,26,32H,12-13H2,1-4H3/b27-25-. The second kappa shape index (κ2) is 11.0. The number of aryl methyl sites for hydroxylation is 1. The van der Waals surface area contributed by atoms with Crippen LogP contribution in [0.1, 0.15) is 28.3 Å². The van der Waals surface area contributed by atoms with Crippen molar-refractivity contribution in [1.29, 1.82) is 0 Å². The minimum absolute atomic E-state index is 0.0206. The van der Waals surface area contributed by atoms with Crippen molar-refractivity contribution in [3.05, 3.63) is 93.5 Å². The summed E-state index contributed by atoms with van der Waals surface area (Å²) in [5, 5.41) is 11.7. The van der Waals surface area contributed by atoms with Gasteiger partial charge in [0.15, 0.2) is 11.5 Å². The molecule has 1 amide bonds. The highest BCUT2D eigenvalue weighted by Crippen LogP contribution is 2.41. The number of ketones is 1. The number of aliphatic hydroxyl groups excluding tert-OH is 1. The molecule has 3 aromatic carbocycles. The van der Waals surface area contributed by atoms with Gasteiger partial charge in [0.25, 0.3) is 11.7 Å². The minimum atomic E-state index is -0.762. The maximum atomic E-state index is 13.3. The summed E-state index contributed by atoms with van der Waals surface area (Å²) in [4.78, 5) is 28.1. The number of halogens is 1. The molecule has 4 rings (SSSR count). The van der Waals surface area contributed by atoms with Gasteiger partial charge in [0.05, 0.1) is 38.0 Å². The van der Waals surface area contributed by atoms with E-state index in [4.69, 9.17) is 25.8 Å². The van der Waals surface area contributed by atoms with E-state index in [1.807, 2.05) is 43.3 Å². The predicted molar refractivity (Wildman–Crippen MR) is 141 cm³/mol. The van der Waals surface area contributed by atoms with Crippen molar-refractivity contribution in [3.8, 4) is 17.2 Å². The highest BCUT2D eigenvalue weighted by molar-refractivity contribution is 6.46. The van der Waals surface area contributed by atoms with Gasteiger partial charge in [0.2, 0.25) is 0 Å². The first-order valence-electron chi connectivity index (χ1n) is 11.7. The molecule has 0 spiro atoms. The highest BCUT2D eigenvalue weighted by atomic mass is 35.5. The number of Topliss-reactive ketones (excluding diaryl/α,β-unsaturated/α-hetero) is 1. The van der Waals surface area contributed by atoms with Gasteiger partial charge in [-0.1, -0.05) is 47.5 Å². The van der Waals surface area contributed by atoms with Gasteiger partial charge in [0, 0.05) is 12.1 Å². The molecule has 0 aliphatic carbocycles. The van der Waals surface area contributed by atoms with Gasteiger partial charge in [-0.05, 0) is 54.8 Å². The zero-order valence-electron chi connectivity index (χ0n) is 21.1. The van der Waals surface area contributed by atoms with Crippen molar-refractivity contribution in [1.82, 2.24) is 4.90 Å². The molecular formula is C29H28ClNO6. The summed E-state index contributed by atoms with van der Waals surface area (Å²) < 4.78 is 16.0. The Morgan fingerprint density at radius 2 is 1.65 bits per heavy atom. The van der Waals surface area contributed by atoms with Gasteiger partial charge in [-0.15, -0.1) is 0 Å². The summed E-state index contributed by atoms with van der Waals surface area (Å²) in [6.45, 7) is 2.18. The molecule has 3 aromatic rings. The lowest BCUT2D eigenvalue weighted by Gasteiger charge is -2.26. The third kappa shape index (κ3) is 5.13. The number of aliphatic hydroxyl groups is 1. The summed E-state index contributed by atoms with van der Waals surface area (Å²) in [6, 6.07) is 17.0. The van der Waals surface area contributed by atoms with E-state index in [0.29, 0.717) is 34.3 Å². The summed E-state index contributed by atoms with van der Waals surface area (Å²) in [5.41, 5.74) is 2.96. The average Bonchev–Trinajstić information content (AvgIpc) is 3.16. The van der Waals surface area contributed by atoms with E-state index in [0.717, 1.165) is 16.7 Å². The first-order valence-corrected chi connectivity index (χ1v) is 12.1. The van der Waals surface area contributed by atoms with Gasteiger partial charge in [-0.3, -0.25) is 9.59 Å². The molecule has 1 aliphatic heterocycles. The fraction of sp³-hybridized carbons (Fsp3) is 0.241. The quantitative estimate of drug-likeness (QED) is 0.245. The molecule has 0 bridgehead atoms. The zero-order chi connectivity index (χ0) is 26.7. The summed E-state index contributed by atoms with van der Waals surface area (Å²) in [5.74, 6) is -0.174. The number of methoxy groups -OCH3 is 3. The molecule has 1 fully saturated rings. The Morgan fingerprint density at radius 3 is 2.32 bits per heavy atom. The van der Waals surface area contributed by atoms with Gasteiger partial charge >= 0.3 is 0 Å². The maximum absolute atomic E-state index is 13.3. The molecule has 8 heteroatoms. The van der Waals surface area contributed by atoms with Crippen LogP contribution >= 0.6 is 11.6 Å². The van der Waals surface area contributed by atoms with Crippen molar-refractivity contribution in [2.45, 2.75) is 19.4 Å². The van der Waals surface area contributed by atoms with Crippen LogP contribution in [0.5, 0.6) is 17.2 Å². The second-order valence-electron chi connectivity index (χ2n) is 8.70. The van der Waals surface area contributed by atoms with Crippen LogP contribution in [0.3, 0.4) is 0 Å². The van der Waals surface area contributed by atoms with E-state index in [1.54, 1.807) is 38.5 Å². The largest absolute Gasteiger partial charge is 0.507 e. The van der Waals surface area contributed by atoms with Crippen LogP contribution in [-0.2, 0) is 16.0 Å². The summed E-state index contributed by atoms with van der Waals surface area (Å²) in [7, 11) is 4.59. The van der Waals surface area contributed by atoms with Gasteiger partial charge < -0.3 is 24.2 Å². The molecule has 7 nitrogen and oxygen atoms in total. The van der Waals surface area contributed by atoms with E-state index in [9.17, 15) is 14.7 Å². The normalized spacial score (nSPS) is 16.7. The molecule has 37 heavy (non-hydrogen) atoms. The van der Waals surface area contributed by atoms with Crippen molar-refractivity contribution in [3.63, 3.8) is 0 Å². The number of carbonyl (C=O) groups is 2. The van der Waals surface area contributed by atoms with Gasteiger partial charge in [0.1, 0.15) is 11.5 Å². The maximum Gasteiger partial charge on any atom is 0.295 e. The number of amides is 1. The molecule has 1 N–H and O–H groups in total. The van der Waals surface area contributed by atoms with E-state index < -0.39 is 17.7 Å². The van der Waals surface area contributed by atoms with Gasteiger partial charge in [-0.2, -0.15) is 0 Å². The monoisotopic (exact) mass is 521 g/mol. The lowest BCUT2D eigenvalue weighted by Crippen LogP contribution is -2.31. The third-order valence-corrected chi connectivity index (χ3v) is 6.72. The lowest BCUT2D eigenvalue weighted by atomic mass is 9.94. The first-order chi connectivity index (χ1) is 17.8. The Kier molecular flexibility index (Phi) is 7.74. The number of carbonyl (C=O) groups excluding carboxylic acids is 2. The Hall–Kier alpha value is -3.97. The molecule has 0 radical (unpaired) electrons. The number of hydrogen-bond donors (Lipinski definition) is 1. The smallest absolute Gasteiger partial charge is 0.295 e. The molecule has 1 atom stereocenters. The first kappa shape index (κ1) is 26.1. The van der Waals surface area contributed by atoms with Crippen LogP contribution in [-0.4, -0.2) is 49.6 Å². The van der Waals surface area contributed by atoms with Crippen LogP contribution in [0.15, 0.2) is 66.2 Å². The Balaban J connectivity index is 1.77. The number of rotatable bonds is 8. The molecule has 0 saturated carbocycles. The van der Waals surface area contributed by atoms with E-state index >= 15 is 0 Å². The zero-order valence-corrected chi connectivity index (χ0v) is 21.8. The van der Waals surface area contributed by atoms with Crippen molar-refractivity contribution < 1.29 is 28.9 Å². The fourth-order valence-electron chi connectivity index (χ4n) is 4.55. The minimum Gasteiger partial charge on any atom is -0.507 e. The van der Waals surface area contributed by atoms with Crippen LogP contribution in [0.2, 0.25) is 5.02 Å². The molecule has 0 aromatic heterocycles. The SMILES string of the molecule is COc1cc(/C(O)=C2/C(=O)C(=O)N(CCc3ccc(OC)c(OC)c3)C2c2cccc(C)c2)ccc1Cl. The molecule has 1 heterocycles. The summed E-state index contributed by atoms with van der Waals surface area (Å²) in [6.07, 6.45) is 0.463. The Bertz CT molecular complexity index is 1380. The molecular weight excluding hydrogens is 494 g/mol. The topological polar surface area (TPSA) is 85.3 Å². The Morgan fingerprint density at radius 1 is 0.919 bits per heavy atom. The Labute approximate surface area is 220 Å². The van der Waals surface area contributed by atoms with E-state index in [-0.39, 0.29) is 17.9 Å². The number of benzene rings is 3. The predicted octanol–water partition coefficient (Wildman–Crippen LogP) is 5.34. The number of nitrogens with zero attached hydrogens (tertiary/aromatic N) is 1. The van der Waals surface area contributed by atoms with E-state index in [2.05, 4.69) is 0 Å². The number of likely N-dealkylation sites (tertiary alicyclic amines) is 1. The average molecular weight is 522 g/mol. The van der Waals surface area contributed by atoms with Crippen molar-refractivity contribution >= 4 is 29.1 Å². The molecule has 1 unspecified atom stereocenters. The van der Waals surface area contributed by atoms with E-state index in [1.165, 1.54) is 12.0 Å². The van der Waals surface area contributed by atoms with Crippen molar-refractivity contribution in [2.24, 2.45) is 0 Å². The van der Waals surface area contributed by atoms with Crippen LogP contribution in [0.25, 0.3) is 5.76 Å². The number of hydrogen-bond acceptors (Lipinski definition) is 6. The van der Waals surface area contributed by atoms with Gasteiger partial charge in [-0.25, -0.2) is 0 Å². The molecule has 192 valence electrons. The fourth-order valence-corrected chi connectivity index (χ4v) is 4.74.